The predicted octanol–water partition coefficient (Wildman–Crippen LogP) is 3.61. The van der Waals surface area contributed by atoms with E-state index in [0.29, 0.717) is 5.92 Å². The first-order valence-corrected chi connectivity index (χ1v) is 5.45. The molecule has 0 spiro atoms. The van der Waals surface area contributed by atoms with Gasteiger partial charge in [0.2, 0.25) is 0 Å². The zero-order valence-electron chi connectivity index (χ0n) is 10.1. The summed E-state index contributed by atoms with van der Waals surface area (Å²) >= 11 is 0. The van der Waals surface area contributed by atoms with Gasteiger partial charge in [-0.2, -0.15) is 0 Å². The van der Waals surface area contributed by atoms with Gasteiger partial charge in [0.25, 0.3) is 0 Å². The molecule has 0 heterocycles. The van der Waals surface area contributed by atoms with Crippen molar-refractivity contribution in [2.24, 2.45) is 11.3 Å². The molecule has 1 N–H and O–H groups in total. The molecule has 0 aromatic carbocycles. The van der Waals surface area contributed by atoms with Crippen molar-refractivity contribution in [2.45, 2.75) is 66.4 Å². The van der Waals surface area contributed by atoms with E-state index in [2.05, 4.69) is 41.5 Å². The summed E-state index contributed by atoms with van der Waals surface area (Å²) in [6, 6.07) is 0. The van der Waals surface area contributed by atoms with Gasteiger partial charge < -0.3 is 5.11 Å². The van der Waals surface area contributed by atoms with Crippen molar-refractivity contribution in [3.8, 4) is 0 Å². The third-order valence-corrected chi connectivity index (χ3v) is 2.81. The van der Waals surface area contributed by atoms with Crippen LogP contribution < -0.4 is 0 Å². The number of hydrogen-bond donors (Lipinski definition) is 1. The van der Waals surface area contributed by atoms with Crippen LogP contribution in [-0.4, -0.2) is 10.7 Å². The molecule has 0 fully saturated rings. The summed E-state index contributed by atoms with van der Waals surface area (Å²) < 4.78 is 0. The molecule has 0 saturated heterocycles. The summed E-state index contributed by atoms with van der Waals surface area (Å²) in [7, 11) is 0. The van der Waals surface area contributed by atoms with Crippen molar-refractivity contribution in [2.75, 3.05) is 0 Å². The first-order valence-electron chi connectivity index (χ1n) is 5.45. The largest absolute Gasteiger partial charge is 0.389 e. The normalized spacial score (nSPS) is 17.5. The Labute approximate surface area is 83.5 Å². The van der Waals surface area contributed by atoms with Crippen molar-refractivity contribution >= 4 is 0 Å². The molecule has 0 aliphatic heterocycles. The van der Waals surface area contributed by atoms with Gasteiger partial charge in [0.1, 0.15) is 0 Å². The molecule has 80 valence electrons. The molecule has 0 aliphatic rings. The van der Waals surface area contributed by atoms with E-state index in [4.69, 9.17) is 0 Å². The van der Waals surface area contributed by atoms with Crippen LogP contribution in [0.25, 0.3) is 0 Å². The monoisotopic (exact) mass is 186 g/mol. The van der Waals surface area contributed by atoms with E-state index in [9.17, 15) is 5.11 Å². The van der Waals surface area contributed by atoms with Crippen molar-refractivity contribution < 1.29 is 5.11 Å². The van der Waals surface area contributed by atoms with E-state index < -0.39 is 5.60 Å². The zero-order valence-corrected chi connectivity index (χ0v) is 10.1. The lowest BCUT2D eigenvalue weighted by atomic mass is 9.70. The quantitative estimate of drug-likeness (QED) is 0.711. The highest BCUT2D eigenvalue weighted by Gasteiger charge is 2.39. The third-order valence-electron chi connectivity index (χ3n) is 2.81. The van der Waals surface area contributed by atoms with Crippen LogP contribution in [0.4, 0.5) is 0 Å². The van der Waals surface area contributed by atoms with Gasteiger partial charge in [-0.05, 0) is 24.2 Å². The fourth-order valence-electron chi connectivity index (χ4n) is 1.87. The Morgan fingerprint density at radius 3 is 1.85 bits per heavy atom. The topological polar surface area (TPSA) is 20.2 Å². The SMILES string of the molecule is CCCC(O)(CC(C)C)C(C)(C)C. The second-order valence-corrected chi connectivity index (χ2v) is 5.63. The van der Waals surface area contributed by atoms with Crippen LogP contribution in [0.2, 0.25) is 0 Å². The fourth-order valence-corrected chi connectivity index (χ4v) is 1.87. The Kier molecular flexibility index (Phi) is 4.44. The lowest BCUT2D eigenvalue weighted by Crippen LogP contribution is -2.43. The lowest BCUT2D eigenvalue weighted by Gasteiger charge is -2.41. The molecule has 1 unspecified atom stereocenters. The summed E-state index contributed by atoms with van der Waals surface area (Å²) in [4.78, 5) is 0. The second kappa shape index (κ2) is 4.45. The lowest BCUT2D eigenvalue weighted by molar-refractivity contribution is -0.0797. The van der Waals surface area contributed by atoms with Crippen LogP contribution in [0, 0.1) is 11.3 Å². The van der Waals surface area contributed by atoms with Gasteiger partial charge in [0, 0.05) is 0 Å². The second-order valence-electron chi connectivity index (χ2n) is 5.63. The van der Waals surface area contributed by atoms with E-state index in [0.717, 1.165) is 19.3 Å². The van der Waals surface area contributed by atoms with Crippen molar-refractivity contribution in [3.63, 3.8) is 0 Å². The van der Waals surface area contributed by atoms with Gasteiger partial charge in [0.15, 0.2) is 0 Å². The van der Waals surface area contributed by atoms with Crippen LogP contribution in [0.3, 0.4) is 0 Å². The molecule has 0 aromatic rings. The Morgan fingerprint density at radius 2 is 1.62 bits per heavy atom. The molecule has 0 aliphatic carbocycles. The number of hydrogen-bond acceptors (Lipinski definition) is 1. The Bertz CT molecular complexity index is 144. The van der Waals surface area contributed by atoms with E-state index in [1.165, 1.54) is 0 Å². The molecule has 0 saturated carbocycles. The maximum atomic E-state index is 10.5. The molecular weight excluding hydrogens is 160 g/mol. The van der Waals surface area contributed by atoms with Crippen LogP contribution in [0.15, 0.2) is 0 Å². The first-order chi connectivity index (χ1) is 5.73. The Balaban J connectivity index is 4.53. The number of rotatable bonds is 4. The predicted molar refractivity (Wildman–Crippen MR) is 58.8 cm³/mol. The van der Waals surface area contributed by atoms with Gasteiger partial charge in [-0.3, -0.25) is 0 Å². The Hall–Kier alpha value is -0.0400. The third kappa shape index (κ3) is 3.68. The molecule has 1 heteroatoms. The van der Waals surface area contributed by atoms with Gasteiger partial charge in [-0.1, -0.05) is 48.0 Å². The van der Waals surface area contributed by atoms with Gasteiger partial charge in [-0.25, -0.2) is 0 Å². The molecule has 0 amide bonds. The summed E-state index contributed by atoms with van der Waals surface area (Å²) in [5, 5.41) is 10.5. The standard InChI is InChI=1S/C12H26O/c1-7-8-12(13,9-10(2)3)11(4,5)6/h10,13H,7-9H2,1-6H3. The highest BCUT2D eigenvalue weighted by molar-refractivity contribution is 4.90. The fraction of sp³-hybridized carbons (Fsp3) is 1.00. The van der Waals surface area contributed by atoms with Crippen molar-refractivity contribution in [1.29, 1.82) is 0 Å². The number of aliphatic hydroxyl groups is 1. The van der Waals surface area contributed by atoms with Gasteiger partial charge in [-0.15, -0.1) is 0 Å². The molecule has 13 heavy (non-hydrogen) atoms. The van der Waals surface area contributed by atoms with E-state index in [1.807, 2.05) is 0 Å². The summed E-state index contributed by atoms with van der Waals surface area (Å²) in [5.41, 5.74) is -0.497. The van der Waals surface area contributed by atoms with Crippen LogP contribution in [0.1, 0.15) is 60.8 Å². The molecule has 0 aromatic heterocycles. The van der Waals surface area contributed by atoms with Crippen LogP contribution >= 0.6 is 0 Å². The smallest absolute Gasteiger partial charge is 0.0698 e. The molecule has 0 rings (SSSR count). The summed E-state index contributed by atoms with van der Waals surface area (Å²) in [5.74, 6) is 0.566. The van der Waals surface area contributed by atoms with Crippen molar-refractivity contribution in [3.05, 3.63) is 0 Å². The first kappa shape index (κ1) is 13.0. The average molecular weight is 186 g/mol. The average Bonchev–Trinajstić information content (AvgIpc) is 1.82. The minimum atomic E-state index is -0.490. The van der Waals surface area contributed by atoms with E-state index >= 15 is 0 Å². The van der Waals surface area contributed by atoms with E-state index in [1.54, 1.807) is 0 Å². The minimum absolute atomic E-state index is 0.00667. The summed E-state index contributed by atoms with van der Waals surface area (Å²) in [6.45, 7) is 12.9. The Morgan fingerprint density at radius 1 is 1.15 bits per heavy atom. The molecular formula is C12H26O. The van der Waals surface area contributed by atoms with Gasteiger partial charge >= 0.3 is 0 Å². The highest BCUT2D eigenvalue weighted by atomic mass is 16.3. The van der Waals surface area contributed by atoms with Crippen LogP contribution in [0.5, 0.6) is 0 Å². The molecule has 0 radical (unpaired) electrons. The van der Waals surface area contributed by atoms with E-state index in [-0.39, 0.29) is 5.41 Å². The molecule has 1 atom stereocenters. The molecule has 1 nitrogen and oxygen atoms in total. The molecule has 0 bridgehead atoms. The summed E-state index contributed by atoms with van der Waals surface area (Å²) in [6.07, 6.45) is 2.87. The zero-order chi connectivity index (χ0) is 10.7. The minimum Gasteiger partial charge on any atom is -0.389 e. The van der Waals surface area contributed by atoms with Crippen molar-refractivity contribution in [1.82, 2.24) is 0 Å². The maximum absolute atomic E-state index is 10.5. The maximum Gasteiger partial charge on any atom is 0.0698 e. The highest BCUT2D eigenvalue weighted by Crippen LogP contribution is 2.38. The van der Waals surface area contributed by atoms with Gasteiger partial charge in [0.05, 0.1) is 5.60 Å². The van der Waals surface area contributed by atoms with Crippen LogP contribution in [-0.2, 0) is 0 Å².